The lowest BCUT2D eigenvalue weighted by Gasteiger charge is -2.33. The fourth-order valence-corrected chi connectivity index (χ4v) is 5.80. The van der Waals surface area contributed by atoms with Crippen LogP contribution in [0.3, 0.4) is 0 Å². The molecule has 2 aliphatic heterocycles. The summed E-state index contributed by atoms with van der Waals surface area (Å²) in [6.45, 7) is 0.350. The molecule has 190 valence electrons. The quantitative estimate of drug-likeness (QED) is 0.581. The minimum atomic E-state index is -2.57. The Morgan fingerprint density at radius 2 is 2.03 bits per heavy atom. The van der Waals surface area contributed by atoms with E-state index in [9.17, 15) is 28.0 Å². The third-order valence-corrected chi connectivity index (χ3v) is 7.71. The number of fused-ring (bicyclic) bond motifs is 1. The van der Waals surface area contributed by atoms with Gasteiger partial charge in [0.25, 0.3) is 5.91 Å². The van der Waals surface area contributed by atoms with E-state index in [0.29, 0.717) is 19.4 Å². The molecule has 3 fully saturated rings. The number of hydrogen-bond acceptors (Lipinski definition) is 4. The predicted octanol–water partition coefficient (Wildman–Crippen LogP) is 2.19. The van der Waals surface area contributed by atoms with Crippen LogP contribution in [0, 0.1) is 23.6 Å². The predicted molar refractivity (Wildman–Crippen MR) is 120 cm³/mol. The van der Waals surface area contributed by atoms with Crippen LogP contribution in [-0.2, 0) is 24.8 Å². The third-order valence-electron chi connectivity index (χ3n) is 7.71. The molecule has 0 unspecified atom stereocenters. The van der Waals surface area contributed by atoms with Crippen LogP contribution in [0.1, 0.15) is 44.6 Å². The highest BCUT2D eigenvalue weighted by molar-refractivity contribution is 5.96. The normalized spacial score (nSPS) is 28.2. The van der Waals surface area contributed by atoms with Gasteiger partial charge < -0.3 is 15.5 Å². The first kappa shape index (κ1) is 25.2. The summed E-state index contributed by atoms with van der Waals surface area (Å²) in [7, 11) is 0. The molecule has 7 nitrogen and oxygen atoms in total. The second-order valence-corrected chi connectivity index (χ2v) is 9.94. The lowest BCUT2D eigenvalue weighted by molar-refractivity contribution is -0.149. The summed E-state index contributed by atoms with van der Waals surface area (Å²) in [5.41, 5.74) is -2.73. The van der Waals surface area contributed by atoms with Gasteiger partial charge in [-0.15, -0.1) is 0 Å². The molecule has 35 heavy (non-hydrogen) atoms. The number of halogens is 3. The zero-order valence-electron chi connectivity index (χ0n) is 19.6. The number of amides is 3. The average molecular weight is 494 g/mol. The van der Waals surface area contributed by atoms with Gasteiger partial charge in [0, 0.05) is 24.6 Å². The maximum absolute atomic E-state index is 15.8. The van der Waals surface area contributed by atoms with Crippen molar-refractivity contribution in [2.75, 3.05) is 19.8 Å². The molecule has 0 aromatic heterocycles. The molecule has 1 saturated carbocycles. The molecule has 2 N–H and O–H groups in total. The van der Waals surface area contributed by atoms with Crippen LogP contribution in [0.5, 0.6) is 0 Å². The summed E-state index contributed by atoms with van der Waals surface area (Å²) in [5, 5.41) is 5.22. The highest BCUT2D eigenvalue weighted by Crippen LogP contribution is 2.44. The number of alkyl halides is 2. The molecule has 4 rings (SSSR count). The van der Waals surface area contributed by atoms with E-state index < -0.39 is 53.8 Å². The number of likely N-dealkylation sites (tertiary alicyclic amines) is 1. The van der Waals surface area contributed by atoms with Crippen molar-refractivity contribution in [3.8, 4) is 0 Å². The molecule has 1 aromatic carbocycles. The van der Waals surface area contributed by atoms with Crippen LogP contribution in [0.25, 0.3) is 0 Å². The Labute approximate surface area is 201 Å². The van der Waals surface area contributed by atoms with E-state index in [1.165, 1.54) is 17.0 Å². The highest BCUT2D eigenvalue weighted by Gasteiger charge is 2.53. The van der Waals surface area contributed by atoms with Crippen molar-refractivity contribution in [3.63, 3.8) is 0 Å². The molecular weight excluding hydrogens is 463 g/mol. The minimum Gasteiger partial charge on any atom is -0.356 e. The first-order chi connectivity index (χ1) is 16.6. The number of Topliss-reactive ketones (excluding diaryl/α,β-unsaturated/α-hetero) is 1. The first-order valence-corrected chi connectivity index (χ1v) is 12.1. The number of ketones is 1. The van der Waals surface area contributed by atoms with E-state index in [1.54, 1.807) is 0 Å². The van der Waals surface area contributed by atoms with Gasteiger partial charge in [-0.05, 0) is 56.6 Å². The minimum absolute atomic E-state index is 0.00561. The van der Waals surface area contributed by atoms with Crippen LogP contribution in [0.4, 0.5) is 13.2 Å². The molecule has 3 amide bonds. The molecule has 0 spiro atoms. The Morgan fingerprint density at radius 3 is 2.69 bits per heavy atom. The topological polar surface area (TPSA) is 95.6 Å². The van der Waals surface area contributed by atoms with E-state index in [2.05, 4.69) is 10.6 Å². The van der Waals surface area contributed by atoms with Crippen molar-refractivity contribution in [2.24, 2.45) is 17.8 Å². The number of carbonyl (C=O) groups is 4. The van der Waals surface area contributed by atoms with E-state index in [4.69, 9.17) is 0 Å². The Hall–Kier alpha value is -2.91. The van der Waals surface area contributed by atoms with E-state index >= 15 is 4.39 Å². The van der Waals surface area contributed by atoms with Crippen molar-refractivity contribution >= 4 is 23.5 Å². The number of nitrogens with zero attached hydrogens (tertiary/aromatic N) is 1. The molecule has 6 atom stereocenters. The van der Waals surface area contributed by atoms with Gasteiger partial charge in [-0.2, -0.15) is 0 Å². The second kappa shape index (κ2) is 9.99. The number of rotatable bonds is 8. The van der Waals surface area contributed by atoms with Gasteiger partial charge >= 0.3 is 0 Å². The zero-order valence-corrected chi connectivity index (χ0v) is 19.6. The van der Waals surface area contributed by atoms with E-state index in [1.807, 2.05) is 0 Å². The molecule has 2 heterocycles. The first-order valence-electron chi connectivity index (χ1n) is 12.1. The Kier molecular flexibility index (Phi) is 7.19. The molecule has 0 radical (unpaired) electrons. The van der Waals surface area contributed by atoms with Crippen LogP contribution in [0.2, 0.25) is 0 Å². The van der Waals surface area contributed by atoms with Crippen molar-refractivity contribution in [3.05, 3.63) is 35.6 Å². The molecule has 3 aliphatic rings. The van der Waals surface area contributed by atoms with Crippen molar-refractivity contribution in [2.45, 2.75) is 56.8 Å². The van der Waals surface area contributed by atoms with Gasteiger partial charge in [-0.1, -0.05) is 18.6 Å². The van der Waals surface area contributed by atoms with Crippen LogP contribution < -0.4 is 10.6 Å². The molecule has 1 aliphatic carbocycles. The summed E-state index contributed by atoms with van der Waals surface area (Å²) in [6, 6.07) is 2.46. The van der Waals surface area contributed by atoms with Gasteiger partial charge in [-0.3, -0.25) is 19.2 Å². The fraction of sp³-hybridized carbons (Fsp3) is 0.600. The second-order valence-electron chi connectivity index (χ2n) is 9.94. The lowest BCUT2D eigenvalue weighted by Crippen LogP contribution is -2.55. The van der Waals surface area contributed by atoms with Gasteiger partial charge in [-0.25, -0.2) is 13.2 Å². The molecule has 1 aromatic rings. The van der Waals surface area contributed by atoms with Crippen LogP contribution in [0.15, 0.2) is 24.3 Å². The van der Waals surface area contributed by atoms with E-state index in [-0.39, 0.29) is 36.3 Å². The summed E-state index contributed by atoms with van der Waals surface area (Å²) in [5.74, 6) is -4.17. The Balaban J connectivity index is 1.57. The standard InChI is InChI=1S/C25H30F3N3O4/c1-25(28,16-5-3-6-17(27)11-16)24(35)31-13-15-4-2-7-18(15)21(31)23(34)30-19(20(32)12-26)10-14-8-9-29-22(14)33/h3,5-6,11,14-15,18-19,21H,2,4,7-10,12-13H2,1H3,(H,29,33)(H,30,34)/t14-,15+,18+,19-,21+,25-/m1/s1. The molecular formula is C25H30F3N3O4. The highest BCUT2D eigenvalue weighted by atomic mass is 19.1. The molecule has 10 heteroatoms. The molecule has 2 saturated heterocycles. The van der Waals surface area contributed by atoms with Crippen LogP contribution >= 0.6 is 0 Å². The number of nitrogens with one attached hydrogen (secondary N) is 2. The lowest BCUT2D eigenvalue weighted by atomic mass is 9.91. The average Bonchev–Trinajstić information content (AvgIpc) is 3.53. The third kappa shape index (κ3) is 4.92. The Bertz CT molecular complexity index is 1020. The zero-order chi connectivity index (χ0) is 25.3. The SMILES string of the molecule is C[C@](F)(C(=O)N1C[C@@H]2CCC[C@@H]2[C@H]1C(=O)N[C@H](C[C@H]1CCNC1=O)C(=O)CF)c1cccc(F)c1. The van der Waals surface area contributed by atoms with Gasteiger partial charge in [0.1, 0.15) is 18.5 Å². The number of hydrogen-bond donors (Lipinski definition) is 2. The summed E-state index contributed by atoms with van der Waals surface area (Å²) in [6.07, 6.45) is 2.71. The summed E-state index contributed by atoms with van der Waals surface area (Å²) >= 11 is 0. The van der Waals surface area contributed by atoms with Crippen molar-refractivity contribution in [1.29, 1.82) is 0 Å². The Morgan fingerprint density at radius 1 is 1.26 bits per heavy atom. The largest absolute Gasteiger partial charge is 0.356 e. The smallest absolute Gasteiger partial charge is 0.265 e. The monoisotopic (exact) mass is 493 g/mol. The fourth-order valence-electron chi connectivity index (χ4n) is 5.80. The van der Waals surface area contributed by atoms with E-state index in [0.717, 1.165) is 31.9 Å². The van der Waals surface area contributed by atoms with Crippen LogP contribution in [-0.4, -0.2) is 60.3 Å². The maximum Gasteiger partial charge on any atom is 0.265 e. The van der Waals surface area contributed by atoms with Gasteiger partial charge in [0.15, 0.2) is 5.78 Å². The number of benzene rings is 1. The number of carbonyl (C=O) groups excluding carboxylic acids is 4. The maximum atomic E-state index is 15.8. The van der Waals surface area contributed by atoms with Crippen molar-refractivity contribution in [1.82, 2.24) is 15.5 Å². The summed E-state index contributed by atoms with van der Waals surface area (Å²) < 4.78 is 42.8. The van der Waals surface area contributed by atoms with Gasteiger partial charge in [0.05, 0.1) is 6.04 Å². The summed E-state index contributed by atoms with van der Waals surface area (Å²) in [4.78, 5) is 52.3. The molecule has 0 bridgehead atoms. The van der Waals surface area contributed by atoms with Crippen molar-refractivity contribution < 1.29 is 32.3 Å². The van der Waals surface area contributed by atoms with Gasteiger partial charge in [0.2, 0.25) is 17.5 Å².